The van der Waals surface area contributed by atoms with Gasteiger partial charge in [0.25, 0.3) is 0 Å². The van der Waals surface area contributed by atoms with Crippen LogP contribution in [0.15, 0.2) is 48.5 Å². The fraction of sp³-hybridized carbons (Fsp3) is 0.278. The van der Waals surface area contributed by atoms with Crippen LogP contribution in [0.3, 0.4) is 0 Å². The van der Waals surface area contributed by atoms with Crippen molar-refractivity contribution in [2.24, 2.45) is 0 Å². The lowest BCUT2D eigenvalue weighted by Gasteiger charge is -2.20. The second-order valence-electron chi connectivity index (χ2n) is 5.90. The summed E-state index contributed by atoms with van der Waals surface area (Å²) in [5, 5.41) is 0. The Labute approximate surface area is 120 Å². The summed E-state index contributed by atoms with van der Waals surface area (Å²) in [4.78, 5) is 12.1. The fourth-order valence-corrected chi connectivity index (χ4v) is 2.04. The molecular weight excluding hydrogens is 248 g/mol. The van der Waals surface area contributed by atoms with Gasteiger partial charge in [0.05, 0.1) is 5.56 Å². The van der Waals surface area contributed by atoms with E-state index in [2.05, 4.69) is 12.1 Å². The maximum Gasteiger partial charge on any atom is 0.338 e. The highest BCUT2D eigenvalue weighted by Crippen LogP contribution is 2.23. The summed E-state index contributed by atoms with van der Waals surface area (Å²) in [5.41, 5.74) is 3.34. The first-order valence-corrected chi connectivity index (χ1v) is 6.76. The van der Waals surface area contributed by atoms with Crippen molar-refractivity contribution >= 4 is 5.97 Å². The molecule has 0 unspecified atom stereocenters. The quantitative estimate of drug-likeness (QED) is 0.743. The third kappa shape index (κ3) is 3.47. The second-order valence-corrected chi connectivity index (χ2v) is 5.90. The van der Waals surface area contributed by atoms with E-state index >= 15 is 0 Å². The van der Waals surface area contributed by atoms with Crippen LogP contribution in [0.4, 0.5) is 0 Å². The molecule has 0 saturated heterocycles. The Morgan fingerprint density at radius 3 is 2.15 bits per heavy atom. The molecule has 0 aliphatic rings. The summed E-state index contributed by atoms with van der Waals surface area (Å²) in [6.07, 6.45) is 0. The Morgan fingerprint density at radius 1 is 0.950 bits per heavy atom. The first-order chi connectivity index (χ1) is 9.37. The van der Waals surface area contributed by atoms with Gasteiger partial charge < -0.3 is 4.74 Å². The molecule has 0 aliphatic heterocycles. The zero-order valence-electron chi connectivity index (χ0n) is 12.4. The Morgan fingerprint density at radius 2 is 1.60 bits per heavy atom. The zero-order valence-corrected chi connectivity index (χ0v) is 12.4. The van der Waals surface area contributed by atoms with Crippen LogP contribution in [0.1, 0.15) is 36.7 Å². The van der Waals surface area contributed by atoms with Gasteiger partial charge in [-0.05, 0) is 50.5 Å². The van der Waals surface area contributed by atoms with Crippen LogP contribution in [-0.4, -0.2) is 11.6 Å². The number of hydrogen-bond acceptors (Lipinski definition) is 2. The standard InChI is InChI=1S/C18H20O2/c1-13-12-15(14-8-6-5-7-9-14)10-11-16(13)17(19)20-18(2,3)4/h5-12H,1-4H3. The average molecular weight is 268 g/mol. The number of carbonyl (C=O) groups excluding carboxylic acids is 1. The van der Waals surface area contributed by atoms with E-state index in [0.717, 1.165) is 16.7 Å². The monoisotopic (exact) mass is 268 g/mol. The molecule has 2 aromatic carbocycles. The molecule has 0 radical (unpaired) electrons. The minimum Gasteiger partial charge on any atom is -0.456 e. The van der Waals surface area contributed by atoms with Crippen LogP contribution < -0.4 is 0 Å². The molecule has 2 heteroatoms. The molecule has 0 aromatic heterocycles. The van der Waals surface area contributed by atoms with E-state index in [9.17, 15) is 4.79 Å². The van der Waals surface area contributed by atoms with Crippen LogP contribution in [0.5, 0.6) is 0 Å². The lowest BCUT2D eigenvalue weighted by Crippen LogP contribution is -2.24. The molecule has 0 N–H and O–H groups in total. The van der Waals surface area contributed by atoms with E-state index in [0.29, 0.717) is 5.56 Å². The van der Waals surface area contributed by atoms with Gasteiger partial charge in [-0.3, -0.25) is 0 Å². The maximum absolute atomic E-state index is 12.1. The topological polar surface area (TPSA) is 26.3 Å². The predicted molar refractivity (Wildman–Crippen MR) is 81.8 cm³/mol. The van der Waals surface area contributed by atoms with Gasteiger partial charge in [0.1, 0.15) is 5.60 Å². The third-order valence-corrected chi connectivity index (χ3v) is 2.95. The van der Waals surface area contributed by atoms with Gasteiger partial charge in [-0.25, -0.2) is 4.79 Å². The summed E-state index contributed by atoms with van der Waals surface area (Å²) in [5.74, 6) is -0.269. The number of ether oxygens (including phenoxy) is 1. The van der Waals surface area contributed by atoms with Crippen LogP contribution in [0, 0.1) is 6.92 Å². The van der Waals surface area contributed by atoms with E-state index in [4.69, 9.17) is 4.74 Å². The number of esters is 1. The number of aryl methyl sites for hydroxylation is 1. The van der Waals surface area contributed by atoms with Crippen molar-refractivity contribution in [3.8, 4) is 11.1 Å². The van der Waals surface area contributed by atoms with E-state index in [1.54, 1.807) is 0 Å². The molecule has 0 fully saturated rings. The Balaban J connectivity index is 2.29. The predicted octanol–water partition coefficient (Wildman–Crippen LogP) is 4.62. The fourth-order valence-electron chi connectivity index (χ4n) is 2.04. The van der Waals surface area contributed by atoms with E-state index in [1.165, 1.54) is 0 Å². The SMILES string of the molecule is Cc1cc(-c2ccccc2)ccc1C(=O)OC(C)(C)C. The van der Waals surface area contributed by atoms with Crippen LogP contribution >= 0.6 is 0 Å². The van der Waals surface area contributed by atoms with Gasteiger partial charge in [0.2, 0.25) is 0 Å². The average Bonchev–Trinajstić information content (AvgIpc) is 2.37. The smallest absolute Gasteiger partial charge is 0.338 e. The van der Waals surface area contributed by atoms with E-state index < -0.39 is 5.60 Å². The molecule has 2 nitrogen and oxygen atoms in total. The van der Waals surface area contributed by atoms with Gasteiger partial charge in [-0.1, -0.05) is 42.5 Å². The molecular formula is C18H20O2. The Kier molecular flexibility index (Phi) is 3.93. The molecule has 0 bridgehead atoms. The van der Waals surface area contributed by atoms with Gasteiger partial charge in [0.15, 0.2) is 0 Å². The van der Waals surface area contributed by atoms with Crippen LogP contribution in [0.25, 0.3) is 11.1 Å². The highest BCUT2D eigenvalue weighted by molar-refractivity contribution is 5.92. The van der Waals surface area contributed by atoms with Crippen molar-refractivity contribution in [1.82, 2.24) is 0 Å². The van der Waals surface area contributed by atoms with Crippen LogP contribution in [0.2, 0.25) is 0 Å². The van der Waals surface area contributed by atoms with Crippen molar-refractivity contribution in [3.05, 3.63) is 59.7 Å². The maximum atomic E-state index is 12.1. The molecule has 2 rings (SSSR count). The molecule has 20 heavy (non-hydrogen) atoms. The summed E-state index contributed by atoms with van der Waals surface area (Å²) in [6.45, 7) is 7.56. The highest BCUT2D eigenvalue weighted by Gasteiger charge is 2.19. The van der Waals surface area contributed by atoms with Gasteiger partial charge in [-0.15, -0.1) is 0 Å². The van der Waals surface area contributed by atoms with Crippen molar-refractivity contribution in [2.45, 2.75) is 33.3 Å². The van der Waals surface area contributed by atoms with Gasteiger partial charge in [-0.2, -0.15) is 0 Å². The minimum absolute atomic E-state index is 0.269. The second kappa shape index (κ2) is 5.49. The number of hydrogen-bond donors (Lipinski definition) is 0. The van der Waals surface area contributed by atoms with E-state index in [1.807, 2.05) is 64.1 Å². The number of carbonyl (C=O) groups is 1. The minimum atomic E-state index is -0.471. The summed E-state index contributed by atoms with van der Waals surface area (Å²) < 4.78 is 5.41. The zero-order chi connectivity index (χ0) is 14.8. The normalized spacial score (nSPS) is 11.2. The van der Waals surface area contributed by atoms with Crippen molar-refractivity contribution in [2.75, 3.05) is 0 Å². The molecule has 0 saturated carbocycles. The Bertz CT molecular complexity index is 607. The molecule has 104 valence electrons. The molecule has 0 heterocycles. The molecule has 0 spiro atoms. The van der Waals surface area contributed by atoms with Gasteiger partial charge >= 0.3 is 5.97 Å². The van der Waals surface area contributed by atoms with Gasteiger partial charge in [0, 0.05) is 0 Å². The van der Waals surface area contributed by atoms with Crippen LogP contribution in [-0.2, 0) is 4.74 Å². The highest BCUT2D eigenvalue weighted by atomic mass is 16.6. The molecule has 0 atom stereocenters. The van der Waals surface area contributed by atoms with Crippen molar-refractivity contribution in [1.29, 1.82) is 0 Å². The summed E-state index contributed by atoms with van der Waals surface area (Å²) in [7, 11) is 0. The largest absolute Gasteiger partial charge is 0.456 e. The first-order valence-electron chi connectivity index (χ1n) is 6.76. The number of benzene rings is 2. The molecule has 0 amide bonds. The first kappa shape index (κ1) is 14.3. The lowest BCUT2D eigenvalue weighted by atomic mass is 10.00. The summed E-state index contributed by atoms with van der Waals surface area (Å²) in [6, 6.07) is 15.9. The number of rotatable bonds is 2. The van der Waals surface area contributed by atoms with E-state index in [-0.39, 0.29) is 5.97 Å². The molecule has 0 aliphatic carbocycles. The van der Waals surface area contributed by atoms with Crippen molar-refractivity contribution < 1.29 is 9.53 Å². The third-order valence-electron chi connectivity index (χ3n) is 2.95. The Hall–Kier alpha value is -2.09. The summed E-state index contributed by atoms with van der Waals surface area (Å²) >= 11 is 0. The lowest BCUT2D eigenvalue weighted by molar-refractivity contribution is 0.00688. The van der Waals surface area contributed by atoms with Crippen molar-refractivity contribution in [3.63, 3.8) is 0 Å². The molecule has 2 aromatic rings.